The van der Waals surface area contributed by atoms with Gasteiger partial charge >= 0.3 is 0 Å². The predicted octanol–water partition coefficient (Wildman–Crippen LogP) is 1.28. The van der Waals surface area contributed by atoms with Gasteiger partial charge in [0.1, 0.15) is 5.82 Å². The molecule has 3 heterocycles. The normalized spacial score (nSPS) is 30.0. The standard InChI is InChI=1S/C21H31N5O3/c27-18-11-16-14-26(21(29)5-9-25-8-3-1-2-4-20(25)28)13-15(16)10-17(18)24-19-12-22-6-7-23-19/h6-7,12,15-18,27H,1-5,8-11,13-14H2,(H,23,24)/t15-,16+,17-,18-/m1/s1. The number of aliphatic hydroxyl groups excluding tert-OH is 1. The number of anilines is 1. The van der Waals surface area contributed by atoms with Crippen molar-refractivity contribution in [1.82, 2.24) is 19.8 Å². The van der Waals surface area contributed by atoms with Crippen LogP contribution in [0.25, 0.3) is 0 Å². The Morgan fingerprint density at radius 3 is 2.79 bits per heavy atom. The lowest BCUT2D eigenvalue weighted by molar-refractivity contribution is -0.133. The molecule has 3 fully saturated rings. The van der Waals surface area contributed by atoms with Gasteiger partial charge in [-0.2, -0.15) is 0 Å². The van der Waals surface area contributed by atoms with Crippen molar-refractivity contribution >= 4 is 17.6 Å². The van der Waals surface area contributed by atoms with Crippen molar-refractivity contribution in [2.24, 2.45) is 11.8 Å². The average molecular weight is 402 g/mol. The number of likely N-dealkylation sites (tertiary alicyclic amines) is 2. The van der Waals surface area contributed by atoms with E-state index >= 15 is 0 Å². The second-order valence-corrected chi connectivity index (χ2v) is 8.64. The van der Waals surface area contributed by atoms with E-state index < -0.39 is 6.10 Å². The summed E-state index contributed by atoms with van der Waals surface area (Å²) in [7, 11) is 0. The first-order valence-corrected chi connectivity index (χ1v) is 10.9. The van der Waals surface area contributed by atoms with Gasteiger partial charge in [0.2, 0.25) is 11.8 Å². The lowest BCUT2D eigenvalue weighted by atomic mass is 9.77. The Bertz CT molecular complexity index is 716. The van der Waals surface area contributed by atoms with Crippen LogP contribution in [0.1, 0.15) is 44.9 Å². The molecule has 8 nitrogen and oxygen atoms in total. The fraction of sp³-hybridized carbons (Fsp3) is 0.714. The molecular formula is C21H31N5O3. The number of amides is 2. The van der Waals surface area contributed by atoms with Crippen LogP contribution in [-0.4, -0.2) is 75.0 Å². The van der Waals surface area contributed by atoms with Gasteiger partial charge in [-0.15, -0.1) is 0 Å². The maximum Gasteiger partial charge on any atom is 0.224 e. The molecule has 3 aliphatic rings. The summed E-state index contributed by atoms with van der Waals surface area (Å²) in [6.45, 7) is 2.76. The maximum atomic E-state index is 12.8. The molecule has 2 N–H and O–H groups in total. The number of hydrogen-bond donors (Lipinski definition) is 2. The summed E-state index contributed by atoms with van der Waals surface area (Å²) in [4.78, 5) is 37.0. The molecule has 4 rings (SSSR count). The fourth-order valence-electron chi connectivity index (χ4n) is 5.02. The van der Waals surface area contributed by atoms with Crippen molar-refractivity contribution in [3.05, 3.63) is 18.6 Å². The molecule has 8 heteroatoms. The minimum atomic E-state index is -0.456. The van der Waals surface area contributed by atoms with Gasteiger partial charge in [0.25, 0.3) is 0 Å². The number of nitrogens with one attached hydrogen (secondary N) is 1. The molecule has 1 aliphatic carbocycles. The molecule has 158 valence electrons. The molecule has 0 spiro atoms. The number of carbonyl (C=O) groups excluding carboxylic acids is 2. The van der Waals surface area contributed by atoms with Crippen LogP contribution in [-0.2, 0) is 9.59 Å². The van der Waals surface area contributed by atoms with Crippen LogP contribution < -0.4 is 5.32 Å². The Balaban J connectivity index is 1.28. The van der Waals surface area contributed by atoms with Crippen molar-refractivity contribution in [3.8, 4) is 0 Å². The van der Waals surface area contributed by atoms with Crippen molar-refractivity contribution in [1.29, 1.82) is 0 Å². The average Bonchev–Trinajstić information content (AvgIpc) is 3.01. The van der Waals surface area contributed by atoms with Gasteiger partial charge in [0.05, 0.1) is 18.3 Å². The molecule has 0 aromatic carbocycles. The van der Waals surface area contributed by atoms with E-state index in [2.05, 4.69) is 15.3 Å². The zero-order valence-corrected chi connectivity index (χ0v) is 16.9. The van der Waals surface area contributed by atoms with Crippen molar-refractivity contribution in [2.45, 2.75) is 57.1 Å². The number of aliphatic hydroxyl groups is 1. The summed E-state index contributed by atoms with van der Waals surface area (Å²) >= 11 is 0. The fourth-order valence-corrected chi connectivity index (χ4v) is 5.02. The molecule has 0 radical (unpaired) electrons. The smallest absolute Gasteiger partial charge is 0.224 e. The van der Waals surface area contributed by atoms with E-state index in [-0.39, 0.29) is 17.9 Å². The molecule has 2 saturated heterocycles. The number of carbonyl (C=O) groups is 2. The SMILES string of the molecule is O=C1CCCCCN1CCC(=O)N1C[C@H]2C[C@@H](Nc3cnccn3)[C@H](O)C[C@H]2C1. The third-order valence-electron chi connectivity index (χ3n) is 6.66. The highest BCUT2D eigenvalue weighted by molar-refractivity contribution is 5.79. The minimum absolute atomic E-state index is 0.0716. The summed E-state index contributed by atoms with van der Waals surface area (Å²) in [5.41, 5.74) is 0. The van der Waals surface area contributed by atoms with E-state index in [9.17, 15) is 14.7 Å². The number of aromatic nitrogens is 2. The topological polar surface area (TPSA) is 98.7 Å². The van der Waals surface area contributed by atoms with Crippen LogP contribution in [0.5, 0.6) is 0 Å². The number of hydrogen-bond acceptors (Lipinski definition) is 6. The Kier molecular flexibility index (Phi) is 6.28. The third kappa shape index (κ3) is 4.86. The highest BCUT2D eigenvalue weighted by Crippen LogP contribution is 2.37. The molecule has 0 bridgehead atoms. The van der Waals surface area contributed by atoms with E-state index in [0.29, 0.717) is 50.0 Å². The van der Waals surface area contributed by atoms with Crippen LogP contribution in [0.15, 0.2) is 18.6 Å². The monoisotopic (exact) mass is 401 g/mol. The van der Waals surface area contributed by atoms with Gasteiger partial charge < -0.3 is 20.2 Å². The Morgan fingerprint density at radius 2 is 2.00 bits per heavy atom. The molecule has 1 aromatic rings. The second kappa shape index (κ2) is 9.07. The molecule has 1 aromatic heterocycles. The molecule has 2 amide bonds. The van der Waals surface area contributed by atoms with Gasteiger partial charge in [-0.1, -0.05) is 6.42 Å². The Morgan fingerprint density at radius 1 is 1.17 bits per heavy atom. The van der Waals surface area contributed by atoms with Gasteiger partial charge in [-0.25, -0.2) is 4.98 Å². The summed E-state index contributed by atoms with van der Waals surface area (Å²) in [5.74, 6) is 1.71. The third-order valence-corrected chi connectivity index (χ3v) is 6.66. The minimum Gasteiger partial charge on any atom is -0.391 e. The second-order valence-electron chi connectivity index (χ2n) is 8.64. The summed E-state index contributed by atoms with van der Waals surface area (Å²) in [5, 5.41) is 13.9. The van der Waals surface area contributed by atoms with Gasteiger partial charge in [-0.05, 0) is 37.5 Å². The number of nitrogens with zero attached hydrogens (tertiary/aromatic N) is 4. The lowest BCUT2D eigenvalue weighted by Crippen LogP contribution is -2.43. The van der Waals surface area contributed by atoms with Crippen molar-refractivity contribution < 1.29 is 14.7 Å². The van der Waals surface area contributed by atoms with E-state index in [0.717, 1.165) is 38.8 Å². The highest BCUT2D eigenvalue weighted by Gasteiger charge is 2.43. The summed E-state index contributed by atoms with van der Waals surface area (Å²) < 4.78 is 0. The van der Waals surface area contributed by atoms with E-state index in [1.54, 1.807) is 18.6 Å². The summed E-state index contributed by atoms with van der Waals surface area (Å²) in [6.07, 6.45) is 10.1. The van der Waals surface area contributed by atoms with Gasteiger partial charge in [0, 0.05) is 51.4 Å². The zero-order chi connectivity index (χ0) is 20.2. The van der Waals surface area contributed by atoms with Crippen LogP contribution in [0.2, 0.25) is 0 Å². The van der Waals surface area contributed by atoms with Crippen LogP contribution >= 0.6 is 0 Å². The molecule has 4 atom stereocenters. The highest BCUT2D eigenvalue weighted by atomic mass is 16.3. The molecular weight excluding hydrogens is 370 g/mol. The zero-order valence-electron chi connectivity index (χ0n) is 16.9. The Hall–Kier alpha value is -2.22. The molecule has 1 saturated carbocycles. The van der Waals surface area contributed by atoms with Gasteiger partial charge in [0.15, 0.2) is 0 Å². The van der Waals surface area contributed by atoms with Gasteiger partial charge in [-0.3, -0.25) is 14.6 Å². The molecule has 29 heavy (non-hydrogen) atoms. The Labute approximate surface area is 171 Å². The van der Waals surface area contributed by atoms with Crippen LogP contribution in [0.3, 0.4) is 0 Å². The predicted molar refractivity (Wildman–Crippen MR) is 108 cm³/mol. The first-order valence-electron chi connectivity index (χ1n) is 10.9. The molecule has 0 unspecified atom stereocenters. The number of fused-ring (bicyclic) bond motifs is 1. The number of rotatable bonds is 5. The van der Waals surface area contributed by atoms with Crippen molar-refractivity contribution in [3.63, 3.8) is 0 Å². The summed E-state index contributed by atoms with van der Waals surface area (Å²) in [6, 6.07) is -0.0716. The maximum absolute atomic E-state index is 12.8. The largest absolute Gasteiger partial charge is 0.391 e. The van der Waals surface area contributed by atoms with E-state index in [1.807, 2.05) is 9.80 Å². The van der Waals surface area contributed by atoms with Crippen LogP contribution in [0, 0.1) is 11.8 Å². The quantitative estimate of drug-likeness (QED) is 0.771. The van der Waals surface area contributed by atoms with Crippen LogP contribution in [0.4, 0.5) is 5.82 Å². The molecule has 2 aliphatic heterocycles. The van der Waals surface area contributed by atoms with E-state index in [1.165, 1.54) is 0 Å². The first-order chi connectivity index (χ1) is 14.1. The first kappa shape index (κ1) is 20.1. The van der Waals surface area contributed by atoms with Crippen molar-refractivity contribution in [2.75, 3.05) is 31.5 Å². The lowest BCUT2D eigenvalue weighted by Gasteiger charge is -2.35. The van der Waals surface area contributed by atoms with E-state index in [4.69, 9.17) is 0 Å².